The van der Waals surface area contributed by atoms with Gasteiger partial charge in [-0.3, -0.25) is 4.90 Å². The van der Waals surface area contributed by atoms with Gasteiger partial charge < -0.3 is 21.7 Å². The maximum atomic E-state index is 6.60. The van der Waals surface area contributed by atoms with Gasteiger partial charge in [-0.1, -0.05) is 57.8 Å². The number of piperazine rings is 1. The fourth-order valence-electron chi connectivity index (χ4n) is 9.35. The van der Waals surface area contributed by atoms with Crippen LogP contribution < -0.4 is 21.7 Å². The van der Waals surface area contributed by atoms with E-state index < -0.39 is 0 Å². The number of fused-ring (bicyclic) bond motifs is 2. The van der Waals surface area contributed by atoms with Crippen molar-refractivity contribution in [3.8, 4) is 0 Å². The van der Waals surface area contributed by atoms with Gasteiger partial charge in [0, 0.05) is 60.4 Å². The number of rotatable bonds is 5. The molecule has 5 heteroatoms. The van der Waals surface area contributed by atoms with Crippen LogP contribution in [0.2, 0.25) is 0 Å². The van der Waals surface area contributed by atoms with Gasteiger partial charge in [0.25, 0.3) is 0 Å². The quantitative estimate of drug-likeness (QED) is 0.459. The summed E-state index contributed by atoms with van der Waals surface area (Å²) in [5.74, 6) is 0. The van der Waals surface area contributed by atoms with Crippen molar-refractivity contribution in [2.24, 2.45) is 5.73 Å². The zero-order valence-corrected chi connectivity index (χ0v) is 22.4. The Morgan fingerprint density at radius 2 is 1.09 bits per heavy atom. The lowest BCUT2D eigenvalue weighted by Gasteiger charge is -2.60. The average molecular weight is 486 g/mol. The predicted molar refractivity (Wildman–Crippen MR) is 146 cm³/mol. The number of hydrogen-bond acceptors (Lipinski definition) is 5. The van der Waals surface area contributed by atoms with Crippen LogP contribution in [0, 0.1) is 0 Å². The fourth-order valence-corrected chi connectivity index (χ4v) is 9.35. The summed E-state index contributed by atoms with van der Waals surface area (Å²) in [6.07, 6.45) is 27.7. The van der Waals surface area contributed by atoms with Crippen molar-refractivity contribution in [2.75, 3.05) is 0 Å². The first-order chi connectivity index (χ1) is 17.2. The number of nitrogens with two attached hydrogens (primary N) is 1. The lowest BCUT2D eigenvalue weighted by Crippen LogP contribution is -2.75. The van der Waals surface area contributed by atoms with E-state index in [2.05, 4.69) is 20.9 Å². The highest BCUT2D eigenvalue weighted by atomic mass is 15.3. The number of nitrogens with zero attached hydrogens (tertiary/aromatic N) is 1. The molecule has 0 aromatic heterocycles. The van der Waals surface area contributed by atoms with Gasteiger partial charge in [0.15, 0.2) is 0 Å². The molecular formula is C30H55N5. The topological polar surface area (TPSA) is 65.3 Å². The summed E-state index contributed by atoms with van der Waals surface area (Å²) >= 11 is 0. The largest absolute Gasteiger partial charge is 0.328 e. The van der Waals surface area contributed by atoms with Crippen LogP contribution in [0.4, 0.5) is 0 Å². The molecule has 200 valence electrons. The fraction of sp³-hybridized carbons (Fsp3) is 1.00. The molecule has 6 rings (SSSR count). The summed E-state index contributed by atoms with van der Waals surface area (Å²) in [5.41, 5.74) is 6.60. The molecule has 0 radical (unpaired) electrons. The van der Waals surface area contributed by atoms with Gasteiger partial charge in [-0.25, -0.2) is 0 Å². The van der Waals surface area contributed by atoms with Crippen molar-refractivity contribution in [1.29, 1.82) is 0 Å². The van der Waals surface area contributed by atoms with Crippen LogP contribution in [0.1, 0.15) is 128 Å². The van der Waals surface area contributed by atoms with E-state index in [0.717, 1.165) is 18.1 Å². The first-order valence-corrected chi connectivity index (χ1v) is 16.1. The highest BCUT2D eigenvalue weighted by molar-refractivity contribution is 5.11. The lowest BCUT2D eigenvalue weighted by molar-refractivity contribution is -0.0588. The highest BCUT2D eigenvalue weighted by Crippen LogP contribution is 2.40. The van der Waals surface area contributed by atoms with E-state index in [-0.39, 0.29) is 0 Å². The van der Waals surface area contributed by atoms with Gasteiger partial charge in [-0.2, -0.15) is 0 Å². The first-order valence-electron chi connectivity index (χ1n) is 16.1. The Balaban J connectivity index is 1.23. The third-order valence-corrected chi connectivity index (χ3v) is 11.1. The van der Waals surface area contributed by atoms with Gasteiger partial charge in [0.05, 0.1) is 0 Å². The smallest absolute Gasteiger partial charge is 0.0271 e. The summed E-state index contributed by atoms with van der Waals surface area (Å²) in [6, 6.07) is 6.63. The van der Waals surface area contributed by atoms with Crippen LogP contribution in [0.15, 0.2) is 0 Å². The van der Waals surface area contributed by atoms with Gasteiger partial charge in [0.1, 0.15) is 0 Å². The van der Waals surface area contributed by atoms with E-state index in [1.165, 1.54) is 128 Å². The maximum Gasteiger partial charge on any atom is 0.0271 e. The Kier molecular flexibility index (Phi) is 8.37. The molecule has 35 heavy (non-hydrogen) atoms. The molecule has 0 bridgehead atoms. The van der Waals surface area contributed by atoms with Gasteiger partial charge in [-0.15, -0.1) is 0 Å². The summed E-state index contributed by atoms with van der Waals surface area (Å²) in [7, 11) is 0. The minimum Gasteiger partial charge on any atom is -0.328 e. The molecule has 5 saturated carbocycles. The van der Waals surface area contributed by atoms with Crippen molar-refractivity contribution in [3.05, 3.63) is 0 Å². The van der Waals surface area contributed by atoms with E-state index in [1.807, 2.05) is 0 Å². The van der Waals surface area contributed by atoms with Crippen molar-refractivity contribution >= 4 is 0 Å². The normalized spacial score (nSPS) is 42.9. The highest BCUT2D eigenvalue weighted by Gasteiger charge is 2.51. The summed E-state index contributed by atoms with van der Waals surface area (Å²) in [4.78, 5) is 3.11. The van der Waals surface area contributed by atoms with Crippen molar-refractivity contribution < 1.29 is 0 Å². The standard InChI is InChI=1S/C30H55N5/c31-21-16-17-25-29(18-21)35(24-14-8-3-9-15-24)30-20-27(33-23-12-6-2-7-13-23)26(19-28(30)34-25)32-22-10-4-1-5-11-22/h21-30,32-34H,1-20,31H2. The summed E-state index contributed by atoms with van der Waals surface area (Å²) < 4.78 is 0. The third kappa shape index (κ3) is 5.79. The lowest BCUT2D eigenvalue weighted by atomic mass is 9.73. The van der Waals surface area contributed by atoms with Crippen molar-refractivity contribution in [2.45, 2.75) is 189 Å². The van der Waals surface area contributed by atoms with E-state index in [0.29, 0.717) is 42.3 Å². The van der Waals surface area contributed by atoms with Crippen LogP contribution >= 0.6 is 0 Å². The molecule has 0 spiro atoms. The van der Waals surface area contributed by atoms with E-state index >= 15 is 0 Å². The second-order valence-electron chi connectivity index (χ2n) is 13.5. The van der Waals surface area contributed by atoms with Crippen molar-refractivity contribution in [3.63, 3.8) is 0 Å². The molecule has 0 aromatic rings. The minimum absolute atomic E-state index is 0.404. The molecule has 1 aliphatic heterocycles. The molecule has 6 fully saturated rings. The molecule has 1 saturated heterocycles. The zero-order chi connectivity index (χ0) is 23.6. The summed E-state index contributed by atoms with van der Waals surface area (Å²) in [5, 5.41) is 12.8. The monoisotopic (exact) mass is 485 g/mol. The van der Waals surface area contributed by atoms with Crippen LogP contribution in [0.5, 0.6) is 0 Å². The van der Waals surface area contributed by atoms with E-state index in [1.54, 1.807) is 0 Å². The van der Waals surface area contributed by atoms with Crippen molar-refractivity contribution in [1.82, 2.24) is 20.9 Å². The maximum absolute atomic E-state index is 6.60. The molecule has 7 atom stereocenters. The van der Waals surface area contributed by atoms with E-state index in [4.69, 9.17) is 5.73 Å². The molecule has 6 aliphatic rings. The zero-order valence-electron chi connectivity index (χ0n) is 22.4. The van der Waals surface area contributed by atoms with Gasteiger partial charge in [-0.05, 0) is 70.6 Å². The molecular weight excluding hydrogens is 430 g/mol. The SMILES string of the molecule is NC1CCC2NC3CC(NC4CCCCC4)C(NC4CCCCC4)CC3N(C3CCCCC3)C2C1. The summed E-state index contributed by atoms with van der Waals surface area (Å²) in [6.45, 7) is 0. The Hall–Kier alpha value is -0.200. The third-order valence-electron chi connectivity index (χ3n) is 11.1. The predicted octanol–water partition coefficient (Wildman–Crippen LogP) is 4.59. The number of hydrogen-bond donors (Lipinski definition) is 4. The minimum atomic E-state index is 0.404. The molecule has 7 unspecified atom stereocenters. The second kappa shape index (κ2) is 11.7. The molecule has 0 aromatic carbocycles. The van der Waals surface area contributed by atoms with Crippen LogP contribution in [-0.2, 0) is 0 Å². The second-order valence-corrected chi connectivity index (χ2v) is 13.5. The molecule has 5 N–H and O–H groups in total. The first kappa shape index (κ1) is 25.1. The van der Waals surface area contributed by atoms with Crippen LogP contribution in [0.25, 0.3) is 0 Å². The van der Waals surface area contributed by atoms with Gasteiger partial charge in [0.2, 0.25) is 0 Å². The molecule has 1 heterocycles. The molecule has 0 amide bonds. The Morgan fingerprint density at radius 3 is 1.71 bits per heavy atom. The van der Waals surface area contributed by atoms with E-state index in [9.17, 15) is 0 Å². The van der Waals surface area contributed by atoms with Crippen LogP contribution in [-0.4, -0.2) is 65.3 Å². The molecule has 5 nitrogen and oxygen atoms in total. The van der Waals surface area contributed by atoms with Crippen LogP contribution in [0.3, 0.4) is 0 Å². The Bertz CT molecular complexity index is 653. The Morgan fingerprint density at radius 1 is 0.543 bits per heavy atom. The van der Waals surface area contributed by atoms with Gasteiger partial charge >= 0.3 is 0 Å². The Labute approximate surface area is 215 Å². The average Bonchev–Trinajstić information content (AvgIpc) is 2.90. The molecule has 5 aliphatic carbocycles. The number of nitrogens with one attached hydrogen (secondary N) is 3.